The van der Waals surface area contributed by atoms with E-state index in [0.717, 1.165) is 36.4 Å². The number of carbonyl (C=O) groups excluding carboxylic acids is 1. The summed E-state index contributed by atoms with van der Waals surface area (Å²) in [5.41, 5.74) is -1.54. The van der Waals surface area contributed by atoms with Crippen LogP contribution >= 0.6 is 0 Å². The summed E-state index contributed by atoms with van der Waals surface area (Å²) in [5, 5.41) is 82.1. The summed E-state index contributed by atoms with van der Waals surface area (Å²) in [5.74, 6) is -5.28. The fourth-order valence-electron chi connectivity index (χ4n) is 5.00. The Morgan fingerprint density at radius 2 is 1.40 bits per heavy atom. The summed E-state index contributed by atoms with van der Waals surface area (Å²) in [7, 11) is 0. The van der Waals surface area contributed by atoms with E-state index in [9.17, 15) is 50.4 Å². The Kier molecular flexibility index (Phi) is 5.78. The van der Waals surface area contributed by atoms with Crippen molar-refractivity contribution >= 4 is 16.8 Å². The fraction of sp³-hybridized carbons (Fsp3) is 0.0667. The SMILES string of the molecule is O=C1CC(c2cc(O)c(O)c(-c3c(O)cc4oc(-c5ccc(O)c(O)c5)cc(=O)c4c3O)c2)Oc2cc(O)cc(O)c21. The molecule has 6 rings (SSSR count). The first-order chi connectivity index (χ1) is 19.9. The Bertz CT molecular complexity index is 2020. The Balaban J connectivity index is 1.48. The van der Waals surface area contributed by atoms with Gasteiger partial charge in [-0.2, -0.15) is 0 Å². The Morgan fingerprint density at radius 3 is 2.14 bits per heavy atom. The van der Waals surface area contributed by atoms with Gasteiger partial charge in [0.2, 0.25) is 0 Å². The maximum atomic E-state index is 13.1. The van der Waals surface area contributed by atoms with Crippen molar-refractivity contribution in [2.75, 3.05) is 0 Å². The monoisotopic (exact) mass is 572 g/mol. The zero-order valence-electron chi connectivity index (χ0n) is 21.2. The van der Waals surface area contributed by atoms with Crippen molar-refractivity contribution in [2.24, 2.45) is 0 Å². The second kappa shape index (κ2) is 9.27. The van der Waals surface area contributed by atoms with Gasteiger partial charge in [0.15, 0.2) is 34.2 Å². The lowest BCUT2D eigenvalue weighted by atomic mass is 9.92. The van der Waals surface area contributed by atoms with Gasteiger partial charge in [-0.05, 0) is 35.9 Å². The molecule has 5 aromatic rings. The maximum Gasteiger partial charge on any atom is 0.197 e. The number of Topliss-reactive ketones (excluding diaryl/α,β-unsaturated/α-hetero) is 1. The van der Waals surface area contributed by atoms with E-state index in [1.807, 2.05) is 0 Å². The van der Waals surface area contributed by atoms with Crippen LogP contribution in [0.3, 0.4) is 0 Å². The molecule has 0 spiro atoms. The molecule has 1 aliphatic rings. The third-order valence-corrected chi connectivity index (χ3v) is 6.97. The quantitative estimate of drug-likeness (QED) is 0.140. The van der Waals surface area contributed by atoms with Gasteiger partial charge in [0.25, 0.3) is 0 Å². The van der Waals surface area contributed by atoms with Crippen molar-refractivity contribution < 1.29 is 54.8 Å². The van der Waals surface area contributed by atoms with Crippen LogP contribution < -0.4 is 10.2 Å². The van der Waals surface area contributed by atoms with E-state index >= 15 is 0 Å². The molecule has 0 bridgehead atoms. The van der Waals surface area contributed by atoms with Crippen molar-refractivity contribution in [3.05, 3.63) is 75.9 Å². The Labute approximate surface area is 234 Å². The van der Waals surface area contributed by atoms with Crippen LogP contribution in [0.25, 0.3) is 33.4 Å². The number of hydrogen-bond donors (Lipinski definition) is 8. The van der Waals surface area contributed by atoms with Crippen molar-refractivity contribution in [2.45, 2.75) is 12.5 Å². The predicted octanol–water partition coefficient (Wildman–Crippen LogP) is 4.48. The largest absolute Gasteiger partial charge is 0.508 e. The molecule has 1 unspecified atom stereocenters. The molecule has 0 fully saturated rings. The van der Waals surface area contributed by atoms with Gasteiger partial charge in [0.05, 0.1) is 12.0 Å². The van der Waals surface area contributed by atoms with Gasteiger partial charge < -0.3 is 50.0 Å². The molecule has 1 aromatic heterocycles. The van der Waals surface area contributed by atoms with E-state index in [-0.39, 0.29) is 56.9 Å². The first kappa shape index (κ1) is 26.2. The second-order valence-electron chi connectivity index (χ2n) is 9.68. The van der Waals surface area contributed by atoms with Crippen molar-refractivity contribution in [3.8, 4) is 74.2 Å². The average molecular weight is 572 g/mol. The van der Waals surface area contributed by atoms with Gasteiger partial charge in [-0.1, -0.05) is 0 Å². The van der Waals surface area contributed by atoms with Gasteiger partial charge in [-0.3, -0.25) is 9.59 Å². The molecule has 1 atom stereocenters. The highest BCUT2D eigenvalue weighted by Crippen LogP contribution is 2.50. The number of hydrogen-bond acceptors (Lipinski definition) is 12. The number of rotatable bonds is 3. The van der Waals surface area contributed by atoms with Crippen LogP contribution in [0, 0.1) is 0 Å². The minimum absolute atomic E-state index is 0.0479. The molecule has 0 amide bonds. The number of fused-ring (bicyclic) bond motifs is 2. The topological polar surface area (TPSA) is 218 Å². The predicted molar refractivity (Wildman–Crippen MR) is 145 cm³/mol. The van der Waals surface area contributed by atoms with Crippen LogP contribution in [-0.4, -0.2) is 46.6 Å². The van der Waals surface area contributed by atoms with Crippen molar-refractivity contribution in [1.29, 1.82) is 0 Å². The van der Waals surface area contributed by atoms with E-state index in [0.29, 0.717) is 0 Å². The smallest absolute Gasteiger partial charge is 0.197 e. The molecular formula is C30H20O12. The zero-order chi connectivity index (χ0) is 30.0. The zero-order valence-corrected chi connectivity index (χ0v) is 21.2. The lowest BCUT2D eigenvalue weighted by Crippen LogP contribution is -2.20. The van der Waals surface area contributed by atoms with E-state index in [1.165, 1.54) is 18.2 Å². The van der Waals surface area contributed by atoms with Gasteiger partial charge in [-0.15, -0.1) is 0 Å². The first-order valence-electron chi connectivity index (χ1n) is 12.3. The Hall–Kier alpha value is -6.04. The standard InChI is InChI=1S/C30H20O12/c31-13-6-17(34)27-19(36)8-23(42-24(27)7-13)12-3-14(29(39)21(38)5-12)26-18(35)10-25-28(30(26)40)20(37)9-22(41-25)11-1-2-15(32)16(33)4-11/h1-7,9-10,23,31-35,38-40H,8H2. The van der Waals surface area contributed by atoms with Crippen molar-refractivity contribution in [3.63, 3.8) is 0 Å². The Morgan fingerprint density at radius 1 is 0.667 bits per heavy atom. The first-order valence-corrected chi connectivity index (χ1v) is 12.3. The summed E-state index contributed by atoms with van der Waals surface area (Å²) >= 11 is 0. The number of carbonyl (C=O) groups is 1. The third-order valence-electron chi connectivity index (χ3n) is 6.97. The maximum absolute atomic E-state index is 13.1. The molecule has 42 heavy (non-hydrogen) atoms. The van der Waals surface area contributed by atoms with Gasteiger partial charge in [0, 0.05) is 35.4 Å². The minimum atomic E-state index is -1.07. The van der Waals surface area contributed by atoms with Crippen LogP contribution in [0.2, 0.25) is 0 Å². The number of ether oxygens (including phenoxy) is 1. The van der Waals surface area contributed by atoms with E-state index in [4.69, 9.17) is 9.15 Å². The average Bonchev–Trinajstić information content (AvgIpc) is 2.91. The fourth-order valence-corrected chi connectivity index (χ4v) is 5.00. The summed E-state index contributed by atoms with van der Waals surface area (Å²) < 4.78 is 11.5. The molecule has 4 aromatic carbocycles. The molecule has 12 heteroatoms. The van der Waals surface area contributed by atoms with Gasteiger partial charge in [-0.25, -0.2) is 0 Å². The summed E-state index contributed by atoms with van der Waals surface area (Å²) in [6.45, 7) is 0. The van der Waals surface area contributed by atoms with Crippen LogP contribution in [0.4, 0.5) is 0 Å². The number of benzene rings is 4. The summed E-state index contributed by atoms with van der Waals surface area (Å²) in [6.07, 6.45) is -1.38. The van der Waals surface area contributed by atoms with Crippen LogP contribution in [0.15, 0.2) is 63.8 Å². The van der Waals surface area contributed by atoms with Crippen LogP contribution in [-0.2, 0) is 0 Å². The summed E-state index contributed by atoms with van der Waals surface area (Å²) in [4.78, 5) is 25.9. The van der Waals surface area contributed by atoms with Gasteiger partial charge in [0.1, 0.15) is 57.1 Å². The number of phenolic OH excluding ortho intramolecular Hbond substituents is 8. The summed E-state index contributed by atoms with van der Waals surface area (Å²) in [6, 6.07) is 10.2. The third kappa shape index (κ3) is 4.09. The highest BCUT2D eigenvalue weighted by atomic mass is 16.5. The highest BCUT2D eigenvalue weighted by molar-refractivity contribution is 6.03. The normalized spacial score (nSPS) is 14.5. The van der Waals surface area contributed by atoms with Gasteiger partial charge >= 0.3 is 0 Å². The van der Waals surface area contributed by atoms with E-state index in [2.05, 4.69) is 0 Å². The molecule has 0 aliphatic carbocycles. The lowest BCUT2D eigenvalue weighted by Gasteiger charge is -2.27. The molecule has 12 nitrogen and oxygen atoms in total. The molecule has 212 valence electrons. The number of phenols is 8. The number of aromatic hydroxyl groups is 8. The molecule has 2 heterocycles. The highest BCUT2D eigenvalue weighted by Gasteiger charge is 2.32. The van der Waals surface area contributed by atoms with Crippen LogP contribution in [0.5, 0.6) is 51.7 Å². The number of ketones is 1. The molecule has 0 radical (unpaired) electrons. The molecular weight excluding hydrogens is 552 g/mol. The lowest BCUT2D eigenvalue weighted by molar-refractivity contribution is 0.0844. The molecule has 0 saturated heterocycles. The molecule has 1 aliphatic heterocycles. The van der Waals surface area contributed by atoms with Crippen LogP contribution in [0.1, 0.15) is 28.4 Å². The van der Waals surface area contributed by atoms with E-state index < -0.39 is 63.1 Å². The molecule has 0 saturated carbocycles. The minimum Gasteiger partial charge on any atom is -0.508 e. The molecule has 8 N–H and O–H groups in total. The van der Waals surface area contributed by atoms with E-state index in [1.54, 1.807) is 0 Å². The second-order valence-corrected chi connectivity index (χ2v) is 9.68. The van der Waals surface area contributed by atoms with Crippen molar-refractivity contribution in [1.82, 2.24) is 0 Å².